The second-order valence-electron chi connectivity index (χ2n) is 6.31. The van der Waals surface area contributed by atoms with Gasteiger partial charge in [-0.2, -0.15) is 11.8 Å². The Balaban J connectivity index is 2.61. The van der Waals surface area contributed by atoms with Crippen molar-refractivity contribution in [1.82, 2.24) is 0 Å². The van der Waals surface area contributed by atoms with Gasteiger partial charge in [0.2, 0.25) is 0 Å². The van der Waals surface area contributed by atoms with E-state index < -0.39 is 5.97 Å². The molecule has 0 aliphatic heterocycles. The summed E-state index contributed by atoms with van der Waals surface area (Å²) in [5.41, 5.74) is 0.263. The van der Waals surface area contributed by atoms with Crippen LogP contribution >= 0.6 is 11.8 Å². The first-order chi connectivity index (χ1) is 8.36. The highest BCUT2D eigenvalue weighted by Gasteiger charge is 2.38. The van der Waals surface area contributed by atoms with E-state index in [2.05, 4.69) is 20.8 Å². The van der Waals surface area contributed by atoms with Gasteiger partial charge in [-0.25, -0.2) is 0 Å². The molecule has 0 heterocycles. The van der Waals surface area contributed by atoms with Gasteiger partial charge in [0, 0.05) is 11.9 Å². The summed E-state index contributed by atoms with van der Waals surface area (Å²) < 4.78 is 0. The van der Waals surface area contributed by atoms with Crippen LogP contribution in [0.15, 0.2) is 0 Å². The Kier molecular flexibility index (Phi) is 5.99. The Morgan fingerprint density at radius 1 is 1.33 bits per heavy atom. The molecule has 0 aromatic rings. The van der Waals surface area contributed by atoms with Gasteiger partial charge in [0.05, 0.1) is 5.92 Å². The molecule has 0 aromatic heterocycles. The lowest BCUT2D eigenvalue weighted by molar-refractivity contribution is -0.143. The predicted molar refractivity (Wildman–Crippen MR) is 75.9 cm³/mol. The maximum atomic E-state index is 11.3. The number of carboxylic acids is 1. The lowest BCUT2D eigenvalue weighted by Gasteiger charge is -2.40. The second-order valence-corrected chi connectivity index (χ2v) is 7.65. The quantitative estimate of drug-likeness (QED) is 0.757. The number of aliphatic carboxylic acids is 1. The van der Waals surface area contributed by atoms with Crippen LogP contribution in [0.5, 0.6) is 0 Å². The minimum Gasteiger partial charge on any atom is -0.481 e. The van der Waals surface area contributed by atoms with E-state index in [0.717, 1.165) is 31.4 Å². The highest BCUT2D eigenvalue weighted by Crippen LogP contribution is 2.44. The average Bonchev–Trinajstić information content (AvgIpc) is 2.27. The van der Waals surface area contributed by atoms with Crippen molar-refractivity contribution in [3.8, 4) is 0 Å². The zero-order chi connectivity index (χ0) is 13.8. The third-order valence-corrected chi connectivity index (χ3v) is 5.44. The average molecular weight is 274 g/mol. The summed E-state index contributed by atoms with van der Waals surface area (Å²) in [6.45, 7) is 6.93. The van der Waals surface area contributed by atoms with E-state index in [1.165, 1.54) is 0 Å². The molecule has 18 heavy (non-hydrogen) atoms. The van der Waals surface area contributed by atoms with Crippen molar-refractivity contribution in [2.45, 2.75) is 51.7 Å². The van der Waals surface area contributed by atoms with Crippen LogP contribution in [0.3, 0.4) is 0 Å². The van der Waals surface area contributed by atoms with Crippen molar-refractivity contribution in [2.75, 3.05) is 12.4 Å². The molecule has 0 bridgehead atoms. The zero-order valence-electron chi connectivity index (χ0n) is 11.7. The fraction of sp³-hybridized carbons (Fsp3) is 0.929. The molecule has 1 saturated carbocycles. The van der Waals surface area contributed by atoms with Gasteiger partial charge >= 0.3 is 5.97 Å². The highest BCUT2D eigenvalue weighted by molar-refractivity contribution is 7.99. The fourth-order valence-electron chi connectivity index (χ4n) is 2.68. The summed E-state index contributed by atoms with van der Waals surface area (Å²) in [5, 5.41) is 18.3. The summed E-state index contributed by atoms with van der Waals surface area (Å²) in [6, 6.07) is 0. The lowest BCUT2D eigenvalue weighted by atomic mass is 9.69. The van der Waals surface area contributed by atoms with Crippen LogP contribution in [0.4, 0.5) is 0 Å². The number of carboxylic acid groups (broad SMARTS) is 1. The van der Waals surface area contributed by atoms with Gasteiger partial charge in [0.15, 0.2) is 0 Å². The molecule has 1 rings (SSSR count). The van der Waals surface area contributed by atoms with Crippen molar-refractivity contribution < 1.29 is 15.0 Å². The molecule has 3 unspecified atom stereocenters. The molecule has 0 radical (unpaired) electrons. The molecule has 2 N–H and O–H groups in total. The first-order valence-corrected chi connectivity index (χ1v) is 7.86. The van der Waals surface area contributed by atoms with E-state index in [9.17, 15) is 9.90 Å². The molecule has 1 aliphatic rings. The summed E-state index contributed by atoms with van der Waals surface area (Å²) >= 11 is 1.74. The van der Waals surface area contributed by atoms with Crippen LogP contribution in [0.2, 0.25) is 0 Å². The zero-order valence-corrected chi connectivity index (χ0v) is 12.5. The number of hydrogen-bond acceptors (Lipinski definition) is 3. The molecule has 1 aliphatic carbocycles. The predicted octanol–water partition coefficient (Wildman–Crippen LogP) is 3.02. The molecule has 0 spiro atoms. The maximum absolute atomic E-state index is 11.3. The van der Waals surface area contributed by atoms with Crippen molar-refractivity contribution in [3.05, 3.63) is 0 Å². The smallest absolute Gasteiger partial charge is 0.307 e. The molecule has 3 atom stereocenters. The number of aliphatic hydroxyl groups is 1. The summed E-state index contributed by atoms with van der Waals surface area (Å²) in [6.07, 6.45) is 3.58. The summed E-state index contributed by atoms with van der Waals surface area (Å²) in [7, 11) is 0. The van der Waals surface area contributed by atoms with Gasteiger partial charge < -0.3 is 10.2 Å². The Labute approximate surface area is 114 Å². The standard InChI is InChI=1S/C14H26O3S/c1-14(2,3)10-5-6-11(13(16)17)12(9-10)18-8-4-7-15/h10-12,15H,4-9H2,1-3H3,(H,16,17). The third kappa shape index (κ3) is 4.47. The van der Waals surface area contributed by atoms with Crippen molar-refractivity contribution >= 4 is 17.7 Å². The molecular weight excluding hydrogens is 248 g/mol. The van der Waals surface area contributed by atoms with E-state index in [1.807, 2.05) is 0 Å². The molecule has 1 fully saturated rings. The van der Waals surface area contributed by atoms with Crippen molar-refractivity contribution in [2.24, 2.45) is 17.3 Å². The first-order valence-electron chi connectivity index (χ1n) is 6.81. The topological polar surface area (TPSA) is 57.5 Å². The molecule has 0 amide bonds. The number of carbonyl (C=O) groups is 1. The fourth-order valence-corrected chi connectivity index (χ4v) is 4.13. The summed E-state index contributed by atoms with van der Waals surface area (Å²) in [4.78, 5) is 11.3. The maximum Gasteiger partial charge on any atom is 0.307 e. The first kappa shape index (κ1) is 15.8. The van der Waals surface area contributed by atoms with Crippen molar-refractivity contribution in [1.29, 1.82) is 0 Å². The Morgan fingerprint density at radius 3 is 2.50 bits per heavy atom. The van der Waals surface area contributed by atoms with Crippen LogP contribution in [0.1, 0.15) is 46.5 Å². The highest BCUT2D eigenvalue weighted by atomic mass is 32.2. The minimum atomic E-state index is -0.649. The van der Waals surface area contributed by atoms with E-state index in [-0.39, 0.29) is 23.2 Å². The molecule has 3 nitrogen and oxygen atoms in total. The van der Waals surface area contributed by atoms with Gasteiger partial charge in [-0.3, -0.25) is 4.79 Å². The normalized spacial score (nSPS) is 29.2. The number of aliphatic hydroxyl groups excluding tert-OH is 1. The number of thioether (sulfide) groups is 1. The summed E-state index contributed by atoms with van der Waals surface area (Å²) in [5.74, 6) is 0.623. The van der Waals surface area contributed by atoms with E-state index in [1.54, 1.807) is 11.8 Å². The molecule has 0 saturated heterocycles. The van der Waals surface area contributed by atoms with Crippen molar-refractivity contribution in [3.63, 3.8) is 0 Å². The van der Waals surface area contributed by atoms with Crippen LogP contribution in [-0.2, 0) is 4.79 Å². The largest absolute Gasteiger partial charge is 0.481 e. The molecule has 4 heteroatoms. The van der Waals surface area contributed by atoms with Crippen LogP contribution in [0, 0.1) is 17.3 Å². The second kappa shape index (κ2) is 6.80. The van der Waals surface area contributed by atoms with Gasteiger partial charge in [-0.15, -0.1) is 0 Å². The number of rotatable bonds is 5. The van der Waals surface area contributed by atoms with Gasteiger partial charge in [0.1, 0.15) is 0 Å². The van der Waals surface area contributed by atoms with E-state index >= 15 is 0 Å². The van der Waals surface area contributed by atoms with Gasteiger partial charge in [-0.05, 0) is 42.8 Å². The third-order valence-electron chi connectivity index (χ3n) is 3.97. The SMILES string of the molecule is CC(C)(C)C1CCC(C(=O)O)C(SCCCO)C1. The van der Waals surface area contributed by atoms with Gasteiger partial charge in [0.25, 0.3) is 0 Å². The van der Waals surface area contributed by atoms with Crippen LogP contribution < -0.4 is 0 Å². The Morgan fingerprint density at radius 2 is 2.00 bits per heavy atom. The lowest BCUT2D eigenvalue weighted by Crippen LogP contribution is -2.37. The Hall–Kier alpha value is -0.220. The monoisotopic (exact) mass is 274 g/mol. The number of hydrogen-bond donors (Lipinski definition) is 2. The van der Waals surface area contributed by atoms with E-state index in [4.69, 9.17) is 5.11 Å². The Bertz CT molecular complexity index is 273. The van der Waals surface area contributed by atoms with Crippen LogP contribution in [-0.4, -0.2) is 33.8 Å². The van der Waals surface area contributed by atoms with Gasteiger partial charge in [-0.1, -0.05) is 20.8 Å². The van der Waals surface area contributed by atoms with Crippen LogP contribution in [0.25, 0.3) is 0 Å². The molecule has 0 aromatic carbocycles. The minimum absolute atomic E-state index is 0.195. The molecular formula is C14H26O3S. The molecule has 106 valence electrons. The van der Waals surface area contributed by atoms with E-state index in [0.29, 0.717) is 5.92 Å².